The molecule has 1 fully saturated rings. The van der Waals surface area contributed by atoms with Crippen LogP contribution < -0.4 is 14.9 Å². The van der Waals surface area contributed by atoms with Crippen molar-refractivity contribution < 1.29 is 18.0 Å². The molecule has 0 bridgehead atoms. The van der Waals surface area contributed by atoms with Crippen molar-refractivity contribution in [2.75, 3.05) is 21.5 Å². The first-order valence-electron chi connectivity index (χ1n) is 10.2. The van der Waals surface area contributed by atoms with E-state index in [1.54, 1.807) is 53.4 Å². The van der Waals surface area contributed by atoms with Gasteiger partial charge in [-0.3, -0.25) is 14.3 Å². The summed E-state index contributed by atoms with van der Waals surface area (Å²) in [6, 6.07) is 19.8. The average Bonchev–Trinajstić information content (AvgIpc) is 3.20. The number of hydrogen-bond donors (Lipinski definition) is 2. The number of amides is 2. The molecule has 0 radical (unpaired) electrons. The zero-order valence-corrected chi connectivity index (χ0v) is 18.4. The minimum atomic E-state index is -3.84. The fourth-order valence-corrected chi connectivity index (χ4v) is 4.77. The number of anilines is 3. The van der Waals surface area contributed by atoms with Gasteiger partial charge in [-0.15, -0.1) is 0 Å². The molecule has 0 aliphatic carbocycles. The van der Waals surface area contributed by atoms with Gasteiger partial charge in [0.25, 0.3) is 15.9 Å². The second-order valence-corrected chi connectivity index (χ2v) is 9.29. The molecule has 8 heteroatoms. The van der Waals surface area contributed by atoms with E-state index in [0.29, 0.717) is 24.3 Å². The molecule has 3 aromatic rings. The van der Waals surface area contributed by atoms with E-state index < -0.39 is 15.9 Å². The van der Waals surface area contributed by atoms with Crippen molar-refractivity contribution in [1.29, 1.82) is 0 Å². The van der Waals surface area contributed by atoms with E-state index in [2.05, 4.69) is 10.0 Å². The number of nitrogens with zero attached hydrogens (tertiary/aromatic N) is 1. The zero-order valence-electron chi connectivity index (χ0n) is 17.5. The van der Waals surface area contributed by atoms with E-state index in [-0.39, 0.29) is 16.4 Å². The van der Waals surface area contributed by atoms with Crippen molar-refractivity contribution in [1.82, 2.24) is 0 Å². The van der Waals surface area contributed by atoms with E-state index in [1.807, 2.05) is 13.0 Å². The van der Waals surface area contributed by atoms with Gasteiger partial charge in [0.05, 0.1) is 4.90 Å². The Morgan fingerprint density at radius 1 is 0.938 bits per heavy atom. The first kappa shape index (κ1) is 21.6. The van der Waals surface area contributed by atoms with Crippen LogP contribution in [0.25, 0.3) is 0 Å². The Labute approximate surface area is 187 Å². The number of sulfonamides is 1. The van der Waals surface area contributed by atoms with Gasteiger partial charge in [0.1, 0.15) is 0 Å². The topological polar surface area (TPSA) is 95.6 Å². The molecular formula is C24H23N3O4S. The van der Waals surface area contributed by atoms with Crippen LogP contribution in [0.2, 0.25) is 0 Å². The fraction of sp³-hybridized carbons (Fsp3) is 0.167. The highest BCUT2D eigenvalue weighted by Crippen LogP contribution is 2.28. The van der Waals surface area contributed by atoms with Gasteiger partial charge < -0.3 is 10.2 Å². The van der Waals surface area contributed by atoms with Crippen molar-refractivity contribution in [3.63, 3.8) is 0 Å². The van der Waals surface area contributed by atoms with Gasteiger partial charge in [-0.25, -0.2) is 8.42 Å². The van der Waals surface area contributed by atoms with Crippen molar-refractivity contribution in [3.8, 4) is 0 Å². The van der Waals surface area contributed by atoms with Crippen molar-refractivity contribution in [2.45, 2.75) is 24.7 Å². The molecule has 0 atom stereocenters. The maximum Gasteiger partial charge on any atom is 0.261 e. The van der Waals surface area contributed by atoms with Crippen molar-refractivity contribution >= 4 is 38.9 Å². The number of aryl methyl sites for hydroxylation is 1. The van der Waals surface area contributed by atoms with Crippen LogP contribution in [0.1, 0.15) is 28.8 Å². The first-order valence-corrected chi connectivity index (χ1v) is 11.7. The third-order valence-electron chi connectivity index (χ3n) is 5.25. The van der Waals surface area contributed by atoms with E-state index >= 15 is 0 Å². The Bertz CT molecular complexity index is 1270. The Balaban J connectivity index is 1.51. The van der Waals surface area contributed by atoms with E-state index in [9.17, 15) is 18.0 Å². The summed E-state index contributed by atoms with van der Waals surface area (Å²) in [5.74, 6) is -0.321. The maximum atomic E-state index is 12.8. The molecular weight excluding hydrogens is 426 g/mol. The van der Waals surface area contributed by atoms with Gasteiger partial charge >= 0.3 is 0 Å². The molecule has 0 spiro atoms. The molecule has 1 aliphatic rings. The summed E-state index contributed by atoms with van der Waals surface area (Å²) in [6.07, 6.45) is 1.39. The number of hydrogen-bond acceptors (Lipinski definition) is 4. The van der Waals surface area contributed by atoms with E-state index in [4.69, 9.17) is 0 Å². The molecule has 0 unspecified atom stereocenters. The van der Waals surface area contributed by atoms with Crippen LogP contribution in [-0.2, 0) is 14.8 Å². The lowest BCUT2D eigenvalue weighted by atomic mass is 10.1. The number of benzene rings is 3. The number of nitrogens with one attached hydrogen (secondary N) is 2. The summed E-state index contributed by atoms with van der Waals surface area (Å²) in [4.78, 5) is 26.5. The standard InChI is InChI=1S/C24H23N3O4S/c1-17-15-20(12-13-22(17)27-14-6-11-23(27)28)25-24(29)18-7-5-10-21(16-18)32(30,31)26-19-8-3-2-4-9-19/h2-5,7-10,12-13,15-16,26H,6,11,14H2,1H3,(H,25,29). The van der Waals surface area contributed by atoms with Crippen LogP contribution in [-0.4, -0.2) is 26.8 Å². The summed E-state index contributed by atoms with van der Waals surface area (Å²) in [6.45, 7) is 2.59. The molecule has 0 saturated carbocycles. The van der Waals surface area contributed by atoms with E-state index in [1.165, 1.54) is 18.2 Å². The lowest BCUT2D eigenvalue weighted by Crippen LogP contribution is -2.24. The molecule has 3 aromatic carbocycles. The summed E-state index contributed by atoms with van der Waals surface area (Å²) >= 11 is 0. The highest BCUT2D eigenvalue weighted by Gasteiger charge is 2.23. The van der Waals surface area contributed by atoms with Crippen LogP contribution >= 0.6 is 0 Å². The third kappa shape index (κ3) is 4.65. The van der Waals surface area contributed by atoms with Gasteiger partial charge in [-0.2, -0.15) is 0 Å². The fourth-order valence-electron chi connectivity index (χ4n) is 3.67. The molecule has 1 aliphatic heterocycles. The van der Waals surface area contributed by atoms with Gasteiger partial charge in [-0.1, -0.05) is 24.3 Å². The van der Waals surface area contributed by atoms with Gasteiger partial charge in [0.15, 0.2) is 0 Å². The minimum absolute atomic E-state index is 0.00641. The molecule has 2 N–H and O–H groups in total. The molecule has 32 heavy (non-hydrogen) atoms. The quantitative estimate of drug-likeness (QED) is 0.590. The predicted molar refractivity (Wildman–Crippen MR) is 124 cm³/mol. The molecule has 1 saturated heterocycles. The number of rotatable bonds is 6. The zero-order chi connectivity index (χ0) is 22.7. The van der Waals surface area contributed by atoms with Crippen molar-refractivity contribution in [2.24, 2.45) is 0 Å². The molecule has 4 rings (SSSR count). The number of para-hydroxylation sites is 1. The Morgan fingerprint density at radius 3 is 2.41 bits per heavy atom. The molecule has 164 valence electrons. The van der Waals surface area contributed by atoms with E-state index in [0.717, 1.165) is 17.7 Å². The smallest absolute Gasteiger partial charge is 0.261 e. The Morgan fingerprint density at radius 2 is 1.72 bits per heavy atom. The molecule has 1 heterocycles. The monoisotopic (exact) mass is 449 g/mol. The lowest BCUT2D eigenvalue weighted by Gasteiger charge is -2.19. The van der Waals surface area contributed by atoms with Crippen LogP contribution in [0, 0.1) is 6.92 Å². The summed E-state index contributed by atoms with van der Waals surface area (Å²) in [7, 11) is -3.84. The lowest BCUT2D eigenvalue weighted by molar-refractivity contribution is -0.117. The van der Waals surface area contributed by atoms with Gasteiger partial charge in [0.2, 0.25) is 5.91 Å². The summed E-state index contributed by atoms with van der Waals surface area (Å²) in [5, 5.41) is 2.80. The van der Waals surface area contributed by atoms with Crippen molar-refractivity contribution in [3.05, 3.63) is 83.9 Å². The minimum Gasteiger partial charge on any atom is -0.322 e. The molecule has 2 amide bonds. The number of carbonyl (C=O) groups excluding carboxylic acids is 2. The maximum absolute atomic E-state index is 12.8. The Hall–Kier alpha value is -3.65. The first-order chi connectivity index (χ1) is 15.3. The Kier molecular flexibility index (Phi) is 5.96. The summed E-state index contributed by atoms with van der Waals surface area (Å²) < 4.78 is 27.9. The summed E-state index contributed by atoms with van der Waals surface area (Å²) in [5.41, 5.74) is 2.94. The normalized spacial score (nSPS) is 13.8. The second-order valence-electron chi connectivity index (χ2n) is 7.60. The predicted octanol–water partition coefficient (Wildman–Crippen LogP) is 4.17. The van der Waals surface area contributed by atoms with Crippen LogP contribution in [0.5, 0.6) is 0 Å². The van der Waals surface area contributed by atoms with Crippen LogP contribution in [0.3, 0.4) is 0 Å². The SMILES string of the molecule is Cc1cc(NC(=O)c2cccc(S(=O)(=O)Nc3ccccc3)c2)ccc1N1CCCC1=O. The molecule has 7 nitrogen and oxygen atoms in total. The highest BCUT2D eigenvalue weighted by molar-refractivity contribution is 7.92. The van der Waals surface area contributed by atoms with Crippen LogP contribution in [0.4, 0.5) is 17.1 Å². The third-order valence-corrected chi connectivity index (χ3v) is 6.63. The van der Waals surface area contributed by atoms with Gasteiger partial charge in [-0.05, 0) is 67.4 Å². The molecule has 0 aromatic heterocycles. The largest absolute Gasteiger partial charge is 0.322 e. The second kappa shape index (κ2) is 8.84. The highest BCUT2D eigenvalue weighted by atomic mass is 32.2. The number of carbonyl (C=O) groups is 2. The van der Waals surface area contributed by atoms with Gasteiger partial charge in [0, 0.05) is 35.6 Å². The average molecular weight is 450 g/mol. The van der Waals surface area contributed by atoms with Crippen LogP contribution in [0.15, 0.2) is 77.7 Å².